The highest BCUT2D eigenvalue weighted by Gasteiger charge is 2.20. The lowest BCUT2D eigenvalue weighted by Gasteiger charge is -2.32. The molecule has 0 saturated heterocycles. The van der Waals surface area contributed by atoms with Gasteiger partial charge < -0.3 is 9.64 Å². The zero-order valence-electron chi connectivity index (χ0n) is 13.2. The molecule has 2 heterocycles. The van der Waals surface area contributed by atoms with E-state index in [2.05, 4.69) is 33.8 Å². The first-order valence-corrected chi connectivity index (χ1v) is 7.72. The van der Waals surface area contributed by atoms with Crippen LogP contribution in [0.1, 0.15) is 46.0 Å². The van der Waals surface area contributed by atoms with Crippen LogP contribution in [0, 0.1) is 0 Å². The van der Waals surface area contributed by atoms with Gasteiger partial charge in [-0.25, -0.2) is 4.98 Å². The van der Waals surface area contributed by atoms with E-state index >= 15 is 0 Å². The van der Waals surface area contributed by atoms with Crippen molar-refractivity contribution in [1.82, 2.24) is 19.6 Å². The number of hydrogen-bond acceptors (Lipinski definition) is 5. The van der Waals surface area contributed by atoms with E-state index < -0.39 is 0 Å². The highest BCUT2D eigenvalue weighted by molar-refractivity contribution is 5.45. The number of methoxy groups -OCH3 is 1. The van der Waals surface area contributed by atoms with Crippen molar-refractivity contribution in [2.45, 2.75) is 52.0 Å². The maximum atomic E-state index is 5.42. The second kappa shape index (κ2) is 7.93. The molecule has 0 fully saturated rings. The van der Waals surface area contributed by atoms with E-state index in [0.717, 1.165) is 18.7 Å². The molecule has 6 heteroatoms. The monoisotopic (exact) mass is 291 g/mol. The van der Waals surface area contributed by atoms with E-state index in [1.165, 1.54) is 25.6 Å². The summed E-state index contributed by atoms with van der Waals surface area (Å²) in [6.07, 6.45) is 9.30. The third-order valence-corrected chi connectivity index (χ3v) is 3.78. The summed E-state index contributed by atoms with van der Waals surface area (Å²) in [5, 5.41) is 4.28. The Morgan fingerprint density at radius 1 is 1.29 bits per heavy atom. The molecule has 6 nitrogen and oxygen atoms in total. The van der Waals surface area contributed by atoms with Crippen LogP contribution >= 0.6 is 0 Å². The number of ether oxygens (including phenoxy) is 1. The van der Waals surface area contributed by atoms with Gasteiger partial charge in [0.1, 0.15) is 18.9 Å². The van der Waals surface area contributed by atoms with E-state index in [4.69, 9.17) is 4.74 Å². The van der Waals surface area contributed by atoms with Crippen LogP contribution in [0.3, 0.4) is 0 Å². The fraction of sp³-hybridized carbons (Fsp3) is 0.667. The van der Waals surface area contributed by atoms with Gasteiger partial charge in [0.05, 0.1) is 0 Å². The summed E-state index contributed by atoms with van der Waals surface area (Å²) < 4.78 is 7.20. The Labute approximate surface area is 126 Å². The summed E-state index contributed by atoms with van der Waals surface area (Å²) in [5.74, 6) is 1.61. The summed E-state index contributed by atoms with van der Waals surface area (Å²) in [6, 6.07) is 2.41. The van der Waals surface area contributed by atoms with Gasteiger partial charge in [0.2, 0.25) is 0 Å². The first-order valence-electron chi connectivity index (χ1n) is 7.72. The smallest absolute Gasteiger partial charge is 0.254 e. The third kappa shape index (κ3) is 3.69. The molecule has 2 aromatic rings. The molecule has 0 aliphatic carbocycles. The molecule has 0 aromatic carbocycles. The van der Waals surface area contributed by atoms with Gasteiger partial charge in [-0.1, -0.05) is 33.1 Å². The summed E-state index contributed by atoms with van der Waals surface area (Å²) in [6.45, 7) is 5.00. The molecule has 1 unspecified atom stereocenters. The molecule has 0 spiro atoms. The van der Waals surface area contributed by atoms with Gasteiger partial charge in [0.25, 0.3) is 5.78 Å². The molecule has 0 bridgehead atoms. The molecular weight excluding hydrogens is 266 g/mol. The van der Waals surface area contributed by atoms with E-state index in [9.17, 15) is 0 Å². The number of unbranched alkanes of at least 4 members (excludes halogenated alkanes) is 2. The van der Waals surface area contributed by atoms with Crippen LogP contribution in [-0.4, -0.2) is 39.5 Å². The van der Waals surface area contributed by atoms with Crippen LogP contribution in [0.15, 0.2) is 18.6 Å². The van der Waals surface area contributed by atoms with Crippen LogP contribution in [0.25, 0.3) is 5.78 Å². The average molecular weight is 291 g/mol. The van der Waals surface area contributed by atoms with Gasteiger partial charge in [-0.15, -0.1) is 0 Å². The van der Waals surface area contributed by atoms with Crippen LogP contribution < -0.4 is 4.90 Å². The Morgan fingerprint density at radius 2 is 2.14 bits per heavy atom. The molecule has 21 heavy (non-hydrogen) atoms. The lowest BCUT2D eigenvalue weighted by molar-refractivity contribution is 0.185. The molecule has 0 aliphatic rings. The first kappa shape index (κ1) is 15.7. The number of hydrogen-bond donors (Lipinski definition) is 0. The second-order valence-corrected chi connectivity index (χ2v) is 5.22. The molecule has 0 amide bonds. The zero-order chi connectivity index (χ0) is 15.1. The Morgan fingerprint density at radius 3 is 2.86 bits per heavy atom. The number of fused-ring (bicyclic) bond motifs is 1. The summed E-state index contributed by atoms with van der Waals surface area (Å²) >= 11 is 0. The number of aromatic nitrogens is 4. The Kier molecular flexibility index (Phi) is 5.92. The summed E-state index contributed by atoms with van der Waals surface area (Å²) in [5.41, 5.74) is 0. The maximum Gasteiger partial charge on any atom is 0.254 e. The second-order valence-electron chi connectivity index (χ2n) is 5.22. The topological polar surface area (TPSA) is 55.5 Å². The van der Waals surface area contributed by atoms with Gasteiger partial charge in [-0.05, 0) is 18.9 Å². The quantitative estimate of drug-likeness (QED) is 0.525. The first-order chi connectivity index (χ1) is 10.3. The largest absolute Gasteiger partial charge is 0.364 e. The summed E-state index contributed by atoms with van der Waals surface area (Å²) in [4.78, 5) is 10.6. The molecule has 1 atom stereocenters. The van der Waals surface area contributed by atoms with Crippen LogP contribution in [0.5, 0.6) is 0 Å². The van der Waals surface area contributed by atoms with Gasteiger partial charge in [0, 0.05) is 19.3 Å². The number of rotatable bonds is 9. The molecule has 2 rings (SSSR count). The lowest BCUT2D eigenvalue weighted by atomic mass is 10.0. The number of anilines is 1. The minimum absolute atomic E-state index is 0.436. The zero-order valence-corrected chi connectivity index (χ0v) is 13.2. The minimum atomic E-state index is 0.436. The predicted octanol–water partition coefficient (Wildman–Crippen LogP) is 2.89. The van der Waals surface area contributed by atoms with E-state index in [1.807, 2.05) is 6.07 Å². The molecule has 0 aliphatic heterocycles. The van der Waals surface area contributed by atoms with Crippen molar-refractivity contribution < 1.29 is 4.74 Å². The van der Waals surface area contributed by atoms with E-state index in [0.29, 0.717) is 18.6 Å². The number of nitrogens with zero attached hydrogens (tertiary/aromatic N) is 5. The molecule has 0 saturated carbocycles. The Bertz CT molecular complexity index is 542. The standard InChI is InChI=1S/C15H25N5O/c1-4-6-7-8-13(5-2)19(12-21-3)14-9-10-16-15-17-11-18-20(14)15/h9-11,13H,4-8,12H2,1-3H3. The molecule has 2 aromatic heterocycles. The van der Waals surface area contributed by atoms with Crippen molar-refractivity contribution in [1.29, 1.82) is 0 Å². The van der Waals surface area contributed by atoms with Crippen molar-refractivity contribution in [2.75, 3.05) is 18.7 Å². The van der Waals surface area contributed by atoms with Gasteiger partial charge in [-0.2, -0.15) is 14.6 Å². The van der Waals surface area contributed by atoms with Crippen LogP contribution in [0.4, 0.5) is 5.82 Å². The van der Waals surface area contributed by atoms with Gasteiger partial charge >= 0.3 is 0 Å². The van der Waals surface area contributed by atoms with Crippen molar-refractivity contribution in [3.8, 4) is 0 Å². The van der Waals surface area contributed by atoms with Gasteiger partial charge in [0.15, 0.2) is 0 Å². The summed E-state index contributed by atoms with van der Waals surface area (Å²) in [7, 11) is 1.73. The molecule has 0 radical (unpaired) electrons. The lowest BCUT2D eigenvalue weighted by Crippen LogP contribution is -2.38. The molecule has 116 valence electrons. The fourth-order valence-electron chi connectivity index (χ4n) is 2.65. The van der Waals surface area contributed by atoms with Crippen molar-refractivity contribution in [3.63, 3.8) is 0 Å². The molecule has 0 N–H and O–H groups in total. The van der Waals surface area contributed by atoms with Crippen LogP contribution in [0.2, 0.25) is 0 Å². The van der Waals surface area contributed by atoms with E-state index in [-0.39, 0.29) is 0 Å². The highest BCUT2D eigenvalue weighted by atomic mass is 16.5. The average Bonchev–Trinajstić information content (AvgIpc) is 2.98. The van der Waals surface area contributed by atoms with Crippen molar-refractivity contribution >= 4 is 11.6 Å². The maximum absolute atomic E-state index is 5.42. The Hall–Kier alpha value is -1.69. The minimum Gasteiger partial charge on any atom is -0.364 e. The highest BCUT2D eigenvalue weighted by Crippen LogP contribution is 2.21. The Balaban J connectivity index is 2.26. The SMILES string of the molecule is CCCCCC(CC)N(COC)c1ccnc2ncnn12. The van der Waals surface area contributed by atoms with Gasteiger partial charge in [-0.3, -0.25) is 0 Å². The fourth-order valence-corrected chi connectivity index (χ4v) is 2.65. The third-order valence-electron chi connectivity index (χ3n) is 3.78. The van der Waals surface area contributed by atoms with Crippen LogP contribution in [-0.2, 0) is 4.74 Å². The van der Waals surface area contributed by atoms with Crippen molar-refractivity contribution in [2.24, 2.45) is 0 Å². The van der Waals surface area contributed by atoms with E-state index in [1.54, 1.807) is 17.8 Å². The van der Waals surface area contributed by atoms with Crippen molar-refractivity contribution in [3.05, 3.63) is 18.6 Å². The molecular formula is C15H25N5O. The normalized spacial score (nSPS) is 12.7. The predicted molar refractivity (Wildman–Crippen MR) is 83.4 cm³/mol.